The molecule has 0 spiro atoms. The average molecular weight is 527 g/mol. The van der Waals surface area contributed by atoms with Gasteiger partial charge in [0.1, 0.15) is 15.5 Å². The molecule has 0 aliphatic heterocycles. The van der Waals surface area contributed by atoms with Gasteiger partial charge in [0, 0.05) is 15.8 Å². The first-order valence-corrected chi connectivity index (χ1v) is 15.3. The molecule has 9 heteroatoms. The van der Waals surface area contributed by atoms with E-state index in [9.17, 15) is 9.59 Å². The first-order valence-electron chi connectivity index (χ1n) is 12.7. The zero-order chi connectivity index (χ0) is 24.3. The van der Waals surface area contributed by atoms with E-state index >= 15 is 0 Å². The molecule has 0 fully saturated rings. The zero-order valence-corrected chi connectivity index (χ0v) is 22.9. The van der Waals surface area contributed by atoms with Crippen LogP contribution in [0.25, 0.3) is 20.4 Å². The minimum absolute atomic E-state index is 0.0358. The van der Waals surface area contributed by atoms with Gasteiger partial charge in [-0.15, -0.1) is 22.7 Å². The van der Waals surface area contributed by atoms with Gasteiger partial charge in [-0.1, -0.05) is 25.6 Å². The van der Waals surface area contributed by atoms with Crippen molar-refractivity contribution < 1.29 is 0 Å². The fourth-order valence-electron chi connectivity index (χ4n) is 5.47. The van der Waals surface area contributed by atoms with Gasteiger partial charge in [-0.25, -0.2) is 9.97 Å². The molecule has 4 aromatic rings. The van der Waals surface area contributed by atoms with Gasteiger partial charge in [-0.3, -0.25) is 14.2 Å². The van der Waals surface area contributed by atoms with Crippen LogP contribution >= 0.6 is 34.4 Å². The molecular formula is C26H30N4O2S3. The normalized spacial score (nSPS) is 18.7. The fourth-order valence-corrected chi connectivity index (χ4v) is 9.14. The molecule has 0 saturated carbocycles. The van der Waals surface area contributed by atoms with E-state index in [1.54, 1.807) is 22.7 Å². The summed E-state index contributed by atoms with van der Waals surface area (Å²) in [4.78, 5) is 44.0. The van der Waals surface area contributed by atoms with Gasteiger partial charge in [-0.05, 0) is 75.3 Å². The highest BCUT2D eigenvalue weighted by Gasteiger charge is 2.25. The Bertz CT molecular complexity index is 1560. The van der Waals surface area contributed by atoms with Crippen LogP contribution < -0.4 is 11.1 Å². The van der Waals surface area contributed by atoms with Gasteiger partial charge >= 0.3 is 0 Å². The van der Waals surface area contributed by atoms with Crippen molar-refractivity contribution in [3.63, 3.8) is 0 Å². The molecule has 0 unspecified atom stereocenters. The summed E-state index contributed by atoms with van der Waals surface area (Å²) < 4.78 is 1.87. The molecule has 0 radical (unpaired) electrons. The maximum absolute atomic E-state index is 13.7. The van der Waals surface area contributed by atoms with Crippen molar-refractivity contribution >= 4 is 54.9 Å². The quantitative estimate of drug-likeness (QED) is 0.254. The van der Waals surface area contributed by atoms with E-state index in [4.69, 9.17) is 9.97 Å². The number of nitrogens with zero attached hydrogens (tertiary/aromatic N) is 3. The van der Waals surface area contributed by atoms with Gasteiger partial charge < -0.3 is 4.98 Å². The van der Waals surface area contributed by atoms with Crippen LogP contribution in [0.3, 0.4) is 0 Å². The van der Waals surface area contributed by atoms with E-state index in [2.05, 4.69) is 25.8 Å². The average Bonchev–Trinajstić information content (AvgIpc) is 3.40. The van der Waals surface area contributed by atoms with Crippen LogP contribution in [-0.4, -0.2) is 19.5 Å². The second kappa shape index (κ2) is 9.16. The number of fused-ring (bicyclic) bond motifs is 6. The molecule has 2 aliphatic carbocycles. The van der Waals surface area contributed by atoms with Crippen LogP contribution in [0.4, 0.5) is 0 Å². The lowest BCUT2D eigenvalue weighted by molar-refractivity contribution is 0.468. The van der Waals surface area contributed by atoms with Gasteiger partial charge in [0.25, 0.3) is 11.1 Å². The summed E-state index contributed by atoms with van der Waals surface area (Å²) in [7, 11) is 0. The molecule has 2 atom stereocenters. The molecule has 4 heterocycles. The Kier molecular flexibility index (Phi) is 6.13. The monoisotopic (exact) mass is 526 g/mol. The minimum atomic E-state index is -0.0358. The number of rotatable bonds is 5. The number of thiophene rings is 2. The number of hydrogen-bond donors (Lipinski definition) is 1. The Morgan fingerprint density at radius 1 is 1.06 bits per heavy atom. The maximum Gasteiger partial charge on any atom is 0.263 e. The lowest BCUT2D eigenvalue weighted by atomic mass is 9.89. The fraction of sp³-hybridized carbons (Fsp3) is 0.538. The minimum Gasteiger partial charge on any atom is -0.309 e. The van der Waals surface area contributed by atoms with E-state index < -0.39 is 0 Å². The number of hydrogen-bond acceptors (Lipinski definition) is 7. The highest BCUT2D eigenvalue weighted by molar-refractivity contribution is 7.98. The highest BCUT2D eigenvalue weighted by atomic mass is 32.2. The summed E-state index contributed by atoms with van der Waals surface area (Å²) in [6.45, 7) is 6.46. The number of aryl methyl sites for hydroxylation is 3. The van der Waals surface area contributed by atoms with Crippen LogP contribution in [0.5, 0.6) is 0 Å². The summed E-state index contributed by atoms with van der Waals surface area (Å²) in [6.07, 6.45) is 8.35. The Labute approximate surface area is 216 Å². The van der Waals surface area contributed by atoms with E-state index in [1.807, 2.05) is 4.57 Å². The molecule has 35 heavy (non-hydrogen) atoms. The number of nitrogens with one attached hydrogen (secondary N) is 1. The summed E-state index contributed by atoms with van der Waals surface area (Å²) in [5.41, 5.74) is 2.49. The standard InChI is InChI=1S/C26H30N4O2S3/c1-4-14(3)30-25(32)21-15-7-5-6-8-17(15)34-24(21)29-26(30)33-12-19-27-22(31)20-16-10-9-13(2)11-18(16)35-23(20)28-19/h13-14H,4-12H2,1-3H3,(H,27,28,31)/t13-,14+/m1/s1. The number of thioether (sulfide) groups is 1. The molecule has 2 aliphatic rings. The van der Waals surface area contributed by atoms with Gasteiger partial charge in [0.05, 0.1) is 16.5 Å². The third-order valence-electron chi connectivity index (χ3n) is 7.57. The Morgan fingerprint density at radius 3 is 2.63 bits per heavy atom. The van der Waals surface area contributed by atoms with Crippen LogP contribution in [0.2, 0.25) is 0 Å². The van der Waals surface area contributed by atoms with Crippen molar-refractivity contribution in [3.05, 3.63) is 47.4 Å². The zero-order valence-electron chi connectivity index (χ0n) is 20.4. The summed E-state index contributed by atoms with van der Waals surface area (Å²) in [5.74, 6) is 1.78. The molecule has 0 bridgehead atoms. The molecule has 0 aromatic carbocycles. The van der Waals surface area contributed by atoms with Crippen LogP contribution in [-0.2, 0) is 31.4 Å². The topological polar surface area (TPSA) is 80.6 Å². The molecular weight excluding hydrogens is 497 g/mol. The number of aromatic nitrogens is 4. The molecule has 184 valence electrons. The second-order valence-corrected chi connectivity index (χ2v) is 13.2. The Hall–Kier alpha value is -1.97. The second-order valence-electron chi connectivity index (χ2n) is 10.1. The molecule has 0 saturated heterocycles. The number of H-pyrrole nitrogens is 1. The van der Waals surface area contributed by atoms with E-state index in [-0.39, 0.29) is 17.2 Å². The predicted octanol–water partition coefficient (Wildman–Crippen LogP) is 6.02. The van der Waals surface area contributed by atoms with Crippen LogP contribution in [0.15, 0.2) is 14.7 Å². The lowest BCUT2D eigenvalue weighted by Gasteiger charge is -2.18. The van der Waals surface area contributed by atoms with Crippen LogP contribution in [0.1, 0.15) is 79.2 Å². The predicted molar refractivity (Wildman–Crippen MR) is 147 cm³/mol. The van der Waals surface area contributed by atoms with Crippen molar-refractivity contribution in [3.8, 4) is 0 Å². The summed E-state index contributed by atoms with van der Waals surface area (Å²) in [5, 5.41) is 2.34. The van der Waals surface area contributed by atoms with Crippen LogP contribution in [0, 0.1) is 5.92 Å². The molecule has 6 rings (SSSR count). The third kappa shape index (κ3) is 4.00. The van der Waals surface area contributed by atoms with E-state index in [0.717, 1.165) is 70.5 Å². The maximum atomic E-state index is 13.7. The van der Waals surface area contributed by atoms with E-state index in [0.29, 0.717) is 17.5 Å². The molecule has 6 nitrogen and oxygen atoms in total. The van der Waals surface area contributed by atoms with E-state index in [1.165, 1.54) is 39.1 Å². The third-order valence-corrected chi connectivity index (χ3v) is 10.9. The SMILES string of the molecule is CC[C@H](C)n1c(SCc2nc3sc4c(c3c(=O)[nH]2)CC[C@@H](C)C4)nc2sc3c(c2c1=O)CCCC3. The van der Waals surface area contributed by atoms with Crippen molar-refractivity contribution in [2.45, 2.75) is 89.1 Å². The first kappa shape index (κ1) is 23.4. The largest absolute Gasteiger partial charge is 0.309 e. The number of aromatic amines is 1. The summed E-state index contributed by atoms with van der Waals surface area (Å²) in [6, 6.07) is 0.0570. The highest BCUT2D eigenvalue weighted by Crippen LogP contribution is 2.37. The Morgan fingerprint density at radius 2 is 1.80 bits per heavy atom. The van der Waals surface area contributed by atoms with Gasteiger partial charge in [0.2, 0.25) is 0 Å². The van der Waals surface area contributed by atoms with Crippen molar-refractivity contribution in [1.29, 1.82) is 0 Å². The lowest BCUT2D eigenvalue weighted by Crippen LogP contribution is -2.26. The van der Waals surface area contributed by atoms with Crippen molar-refractivity contribution in [2.24, 2.45) is 5.92 Å². The smallest absolute Gasteiger partial charge is 0.263 e. The molecule has 0 amide bonds. The summed E-state index contributed by atoms with van der Waals surface area (Å²) >= 11 is 4.86. The van der Waals surface area contributed by atoms with Crippen molar-refractivity contribution in [1.82, 2.24) is 19.5 Å². The first-order chi connectivity index (χ1) is 16.9. The van der Waals surface area contributed by atoms with Gasteiger partial charge in [0.15, 0.2) is 5.16 Å². The molecule has 4 aromatic heterocycles. The molecule has 1 N–H and O–H groups in total. The Balaban J connectivity index is 1.38. The van der Waals surface area contributed by atoms with Gasteiger partial charge in [-0.2, -0.15) is 0 Å². The van der Waals surface area contributed by atoms with Crippen molar-refractivity contribution in [2.75, 3.05) is 0 Å².